The summed E-state index contributed by atoms with van der Waals surface area (Å²) in [7, 11) is 0. The Hall–Kier alpha value is -4.19. The van der Waals surface area contributed by atoms with Crippen LogP contribution in [0.4, 0.5) is 23.0 Å². The van der Waals surface area contributed by atoms with Gasteiger partial charge in [-0.3, -0.25) is 4.79 Å². The molecule has 32 heavy (non-hydrogen) atoms. The number of carbonyl (C=O) groups is 1. The number of hydrogen-bond donors (Lipinski definition) is 2. The Kier molecular flexibility index (Phi) is 6.41. The van der Waals surface area contributed by atoms with Crippen LogP contribution in [0.25, 0.3) is 0 Å². The van der Waals surface area contributed by atoms with E-state index in [0.29, 0.717) is 17.2 Å². The predicted molar refractivity (Wildman–Crippen MR) is 127 cm³/mol. The van der Waals surface area contributed by atoms with E-state index in [1.54, 1.807) is 0 Å². The molecule has 0 radical (unpaired) electrons. The monoisotopic (exact) mass is 424 g/mol. The number of para-hydroxylation sites is 1. The van der Waals surface area contributed by atoms with Crippen molar-refractivity contribution in [1.82, 2.24) is 9.97 Å². The van der Waals surface area contributed by atoms with Crippen LogP contribution in [-0.4, -0.2) is 15.8 Å². The number of rotatable bonds is 8. The first-order chi connectivity index (χ1) is 15.6. The molecule has 160 valence electrons. The lowest BCUT2D eigenvalue weighted by Gasteiger charge is -2.11. The van der Waals surface area contributed by atoms with Crippen LogP contribution in [0.3, 0.4) is 0 Å². The zero-order chi connectivity index (χ0) is 22.3. The summed E-state index contributed by atoms with van der Waals surface area (Å²) < 4.78 is 5.82. The summed E-state index contributed by atoms with van der Waals surface area (Å²) in [4.78, 5) is 20.8. The number of ether oxygens (including phenoxy) is 1. The Bertz CT molecular complexity index is 1190. The molecule has 0 atom stereocenters. The van der Waals surface area contributed by atoms with Crippen molar-refractivity contribution in [3.8, 4) is 11.5 Å². The minimum atomic E-state index is -0.0513. The van der Waals surface area contributed by atoms with Crippen molar-refractivity contribution in [3.05, 3.63) is 96.8 Å². The maximum atomic E-state index is 12.3. The second kappa shape index (κ2) is 9.75. The fourth-order valence-electron chi connectivity index (χ4n) is 3.10. The largest absolute Gasteiger partial charge is 0.457 e. The molecule has 4 aromatic rings. The lowest BCUT2D eigenvalue weighted by molar-refractivity contribution is 0.0939. The molecule has 0 bridgehead atoms. The van der Waals surface area contributed by atoms with Crippen molar-refractivity contribution in [3.63, 3.8) is 0 Å². The second-order valence-electron chi connectivity index (χ2n) is 7.58. The Morgan fingerprint density at radius 1 is 0.750 bits per heavy atom. The Morgan fingerprint density at radius 3 is 2.09 bits per heavy atom. The fraction of sp³-hybridized carbons (Fsp3) is 0.115. The van der Waals surface area contributed by atoms with E-state index in [-0.39, 0.29) is 11.7 Å². The van der Waals surface area contributed by atoms with Crippen molar-refractivity contribution in [2.75, 3.05) is 10.6 Å². The van der Waals surface area contributed by atoms with E-state index in [2.05, 4.69) is 20.6 Å². The molecule has 0 saturated carbocycles. The molecule has 6 heteroatoms. The van der Waals surface area contributed by atoms with E-state index in [4.69, 9.17) is 4.74 Å². The molecule has 1 heterocycles. The van der Waals surface area contributed by atoms with Gasteiger partial charge in [0.25, 0.3) is 0 Å². The van der Waals surface area contributed by atoms with E-state index >= 15 is 0 Å². The van der Waals surface area contributed by atoms with Gasteiger partial charge < -0.3 is 15.4 Å². The van der Waals surface area contributed by atoms with Gasteiger partial charge in [-0.05, 0) is 48.5 Å². The summed E-state index contributed by atoms with van der Waals surface area (Å²) >= 11 is 0. The maximum absolute atomic E-state index is 12.3. The predicted octanol–water partition coefficient (Wildman–Crippen LogP) is 6.59. The third-order valence-electron chi connectivity index (χ3n) is 4.72. The average Bonchev–Trinajstić information content (AvgIpc) is 2.81. The standard InChI is InChI=1S/C26H24N4O2/c1-18(2)26(31)19-7-6-8-21(15-19)30-25-16-24(27-17-28-25)29-20-11-13-23(14-12-20)32-22-9-4-3-5-10-22/h3-18H,1-2H3,(H2,27,28,29,30). The molecule has 0 aliphatic carbocycles. The molecular formula is C26H24N4O2. The van der Waals surface area contributed by atoms with Crippen LogP contribution in [0.15, 0.2) is 91.3 Å². The lowest BCUT2D eigenvalue weighted by Crippen LogP contribution is -2.07. The fourth-order valence-corrected chi connectivity index (χ4v) is 3.10. The molecule has 6 nitrogen and oxygen atoms in total. The first-order valence-electron chi connectivity index (χ1n) is 10.4. The third kappa shape index (κ3) is 5.49. The van der Waals surface area contributed by atoms with Crippen LogP contribution in [0.2, 0.25) is 0 Å². The third-order valence-corrected chi connectivity index (χ3v) is 4.72. The number of benzene rings is 3. The lowest BCUT2D eigenvalue weighted by atomic mass is 10.0. The Morgan fingerprint density at radius 2 is 1.41 bits per heavy atom. The van der Waals surface area contributed by atoms with E-state index in [1.165, 1.54) is 6.33 Å². The first-order valence-corrected chi connectivity index (χ1v) is 10.4. The molecule has 4 rings (SSSR count). The Labute approximate surface area is 187 Å². The number of Topliss-reactive ketones (excluding diaryl/α,β-unsaturated/α-hetero) is 1. The smallest absolute Gasteiger partial charge is 0.165 e. The van der Waals surface area contributed by atoms with Crippen molar-refractivity contribution in [2.24, 2.45) is 5.92 Å². The number of nitrogens with one attached hydrogen (secondary N) is 2. The topological polar surface area (TPSA) is 76.1 Å². The Balaban J connectivity index is 1.42. The number of ketones is 1. The quantitative estimate of drug-likeness (QED) is 0.311. The summed E-state index contributed by atoms with van der Waals surface area (Å²) in [5, 5.41) is 6.50. The van der Waals surface area contributed by atoms with Gasteiger partial charge in [0, 0.05) is 28.9 Å². The maximum Gasteiger partial charge on any atom is 0.165 e. The number of nitrogens with zero attached hydrogens (tertiary/aromatic N) is 2. The van der Waals surface area contributed by atoms with Crippen LogP contribution >= 0.6 is 0 Å². The van der Waals surface area contributed by atoms with Crippen molar-refractivity contribution < 1.29 is 9.53 Å². The molecule has 2 N–H and O–H groups in total. The normalized spacial score (nSPS) is 10.6. The molecule has 0 fully saturated rings. The number of hydrogen-bond acceptors (Lipinski definition) is 6. The number of carbonyl (C=O) groups excluding carboxylic acids is 1. The van der Waals surface area contributed by atoms with Gasteiger partial charge in [-0.15, -0.1) is 0 Å². The number of anilines is 4. The summed E-state index contributed by atoms with van der Waals surface area (Å²) in [6.07, 6.45) is 1.49. The summed E-state index contributed by atoms with van der Waals surface area (Å²) in [6.45, 7) is 3.79. The van der Waals surface area contributed by atoms with Gasteiger partial charge in [-0.1, -0.05) is 44.2 Å². The summed E-state index contributed by atoms with van der Waals surface area (Å²) in [6, 6.07) is 26.5. The van der Waals surface area contributed by atoms with E-state index in [9.17, 15) is 4.79 Å². The molecule has 0 aliphatic rings. The molecule has 0 unspecified atom stereocenters. The number of aromatic nitrogens is 2. The van der Waals surface area contributed by atoms with Crippen molar-refractivity contribution >= 4 is 28.8 Å². The molecule has 0 spiro atoms. The van der Waals surface area contributed by atoms with Crippen LogP contribution in [-0.2, 0) is 0 Å². The summed E-state index contributed by atoms with van der Waals surface area (Å²) in [5.74, 6) is 2.87. The molecule has 0 aliphatic heterocycles. The van der Waals surface area contributed by atoms with Gasteiger partial charge in [-0.2, -0.15) is 0 Å². The SMILES string of the molecule is CC(C)C(=O)c1cccc(Nc2cc(Nc3ccc(Oc4ccccc4)cc3)ncn2)c1. The zero-order valence-corrected chi connectivity index (χ0v) is 17.9. The van der Waals surface area contributed by atoms with E-state index in [1.807, 2.05) is 98.8 Å². The molecule has 1 aromatic heterocycles. The van der Waals surface area contributed by atoms with Gasteiger partial charge in [0.2, 0.25) is 0 Å². The minimum Gasteiger partial charge on any atom is -0.457 e. The highest BCUT2D eigenvalue weighted by Gasteiger charge is 2.11. The highest BCUT2D eigenvalue weighted by molar-refractivity contribution is 5.98. The average molecular weight is 425 g/mol. The summed E-state index contributed by atoms with van der Waals surface area (Å²) in [5.41, 5.74) is 2.35. The second-order valence-corrected chi connectivity index (χ2v) is 7.58. The van der Waals surface area contributed by atoms with Gasteiger partial charge in [0.15, 0.2) is 5.78 Å². The molecule has 0 saturated heterocycles. The highest BCUT2D eigenvalue weighted by atomic mass is 16.5. The highest BCUT2D eigenvalue weighted by Crippen LogP contribution is 2.25. The molecular weight excluding hydrogens is 400 g/mol. The molecule has 3 aromatic carbocycles. The minimum absolute atomic E-state index is 0.0513. The van der Waals surface area contributed by atoms with Crippen LogP contribution in [0, 0.1) is 5.92 Å². The van der Waals surface area contributed by atoms with Crippen molar-refractivity contribution in [1.29, 1.82) is 0 Å². The van der Waals surface area contributed by atoms with Gasteiger partial charge in [0.1, 0.15) is 29.5 Å². The van der Waals surface area contributed by atoms with Gasteiger partial charge >= 0.3 is 0 Å². The van der Waals surface area contributed by atoms with E-state index < -0.39 is 0 Å². The van der Waals surface area contributed by atoms with Crippen LogP contribution < -0.4 is 15.4 Å². The van der Waals surface area contributed by atoms with Crippen LogP contribution in [0.1, 0.15) is 24.2 Å². The first kappa shape index (κ1) is 21.1. The van der Waals surface area contributed by atoms with E-state index in [0.717, 1.165) is 22.9 Å². The van der Waals surface area contributed by atoms with Gasteiger partial charge in [-0.25, -0.2) is 9.97 Å². The van der Waals surface area contributed by atoms with Gasteiger partial charge in [0.05, 0.1) is 0 Å². The molecule has 0 amide bonds. The van der Waals surface area contributed by atoms with Crippen LogP contribution in [0.5, 0.6) is 11.5 Å². The van der Waals surface area contributed by atoms with Crippen molar-refractivity contribution in [2.45, 2.75) is 13.8 Å². The zero-order valence-electron chi connectivity index (χ0n) is 17.9.